The molecule has 0 saturated heterocycles. The molecule has 2 N–H and O–H groups in total. The lowest BCUT2D eigenvalue weighted by molar-refractivity contribution is -0.146. The van der Waals surface area contributed by atoms with Crippen LogP contribution in [0.3, 0.4) is 0 Å². The molecule has 1 aromatic carbocycles. The van der Waals surface area contributed by atoms with E-state index in [0.29, 0.717) is 15.9 Å². The lowest BCUT2D eigenvalue weighted by Crippen LogP contribution is -2.42. The van der Waals surface area contributed by atoms with Crippen LogP contribution in [0.1, 0.15) is 24.2 Å². The number of nitrogens with one attached hydrogen (secondary N) is 2. The van der Waals surface area contributed by atoms with E-state index in [1.165, 1.54) is 13.1 Å². The van der Waals surface area contributed by atoms with Gasteiger partial charge >= 0.3 is 5.97 Å². The highest BCUT2D eigenvalue weighted by molar-refractivity contribution is 6.45. The van der Waals surface area contributed by atoms with Gasteiger partial charge in [0.1, 0.15) is 6.04 Å². The molecular weight excluding hydrogens is 308 g/mol. The molecule has 6 nitrogen and oxygen atoms in total. The second kappa shape index (κ2) is 6.62. The van der Waals surface area contributed by atoms with Gasteiger partial charge in [0.15, 0.2) is 0 Å². The summed E-state index contributed by atoms with van der Waals surface area (Å²) in [4.78, 5) is 38.6. The van der Waals surface area contributed by atoms with Crippen molar-refractivity contribution in [3.8, 4) is 0 Å². The standard InChI is InChI=1S/C15H15ClN2O4/c1-3-22-15(21)8(2)18-14(20)13(19)11-7-17-12-5-4-9(16)6-10(11)12/h4-8,17H,3H2,1-2H3,(H,18,20)/t8-/m0/s1. The lowest BCUT2D eigenvalue weighted by Gasteiger charge is -2.11. The van der Waals surface area contributed by atoms with E-state index in [1.807, 2.05) is 0 Å². The normalized spacial score (nSPS) is 12.0. The molecule has 1 heterocycles. The first kappa shape index (κ1) is 16.0. The third kappa shape index (κ3) is 3.28. The van der Waals surface area contributed by atoms with E-state index in [9.17, 15) is 14.4 Å². The Balaban J connectivity index is 2.18. The number of Topliss-reactive ketones (excluding diaryl/α,β-unsaturated/α-hetero) is 1. The van der Waals surface area contributed by atoms with E-state index in [0.717, 1.165) is 0 Å². The number of carbonyl (C=O) groups excluding carboxylic acids is 3. The molecule has 7 heteroatoms. The first-order chi connectivity index (χ1) is 10.4. The van der Waals surface area contributed by atoms with Crippen LogP contribution >= 0.6 is 11.6 Å². The van der Waals surface area contributed by atoms with Gasteiger partial charge in [-0.05, 0) is 32.0 Å². The zero-order chi connectivity index (χ0) is 16.3. The van der Waals surface area contributed by atoms with Gasteiger partial charge in [-0.2, -0.15) is 0 Å². The number of ether oxygens (including phenoxy) is 1. The fourth-order valence-electron chi connectivity index (χ4n) is 1.99. The molecular formula is C15H15ClN2O4. The second-order valence-corrected chi connectivity index (χ2v) is 5.11. The number of aromatic amines is 1. The number of rotatable bonds is 5. The number of halogens is 1. The van der Waals surface area contributed by atoms with Crippen LogP contribution in [0.25, 0.3) is 10.9 Å². The second-order valence-electron chi connectivity index (χ2n) is 4.67. The number of fused-ring (bicyclic) bond motifs is 1. The number of amides is 1. The Bertz CT molecular complexity index is 738. The van der Waals surface area contributed by atoms with Crippen molar-refractivity contribution in [1.29, 1.82) is 0 Å². The van der Waals surface area contributed by atoms with Gasteiger partial charge in [-0.15, -0.1) is 0 Å². The molecule has 1 atom stereocenters. The van der Waals surface area contributed by atoms with E-state index in [2.05, 4.69) is 10.3 Å². The van der Waals surface area contributed by atoms with Crippen LogP contribution in [0.5, 0.6) is 0 Å². The Kier molecular flexibility index (Phi) is 4.82. The average molecular weight is 323 g/mol. The number of H-pyrrole nitrogens is 1. The van der Waals surface area contributed by atoms with E-state index >= 15 is 0 Å². The molecule has 0 fully saturated rings. The summed E-state index contributed by atoms with van der Waals surface area (Å²) in [5, 5.41) is 3.33. The summed E-state index contributed by atoms with van der Waals surface area (Å²) in [6, 6.07) is 4.10. The predicted octanol–water partition coefficient (Wildman–Crippen LogP) is 2.07. The minimum Gasteiger partial charge on any atom is -0.464 e. The van der Waals surface area contributed by atoms with Gasteiger partial charge < -0.3 is 15.0 Å². The smallest absolute Gasteiger partial charge is 0.328 e. The van der Waals surface area contributed by atoms with E-state index in [1.54, 1.807) is 25.1 Å². The Morgan fingerprint density at radius 2 is 2.09 bits per heavy atom. The average Bonchev–Trinajstić information content (AvgIpc) is 2.89. The summed E-state index contributed by atoms with van der Waals surface area (Å²) < 4.78 is 4.77. The van der Waals surface area contributed by atoms with Crippen molar-refractivity contribution in [3.05, 3.63) is 35.0 Å². The topological polar surface area (TPSA) is 88.3 Å². The van der Waals surface area contributed by atoms with Gasteiger partial charge in [0.25, 0.3) is 11.7 Å². The molecule has 0 unspecified atom stereocenters. The van der Waals surface area contributed by atoms with Crippen LogP contribution in [0.15, 0.2) is 24.4 Å². The maximum Gasteiger partial charge on any atom is 0.328 e. The van der Waals surface area contributed by atoms with Crippen LogP contribution in [-0.4, -0.2) is 35.3 Å². The van der Waals surface area contributed by atoms with Crippen molar-refractivity contribution in [2.45, 2.75) is 19.9 Å². The molecule has 22 heavy (non-hydrogen) atoms. The first-order valence-corrected chi connectivity index (χ1v) is 7.10. The highest BCUT2D eigenvalue weighted by Crippen LogP contribution is 2.22. The van der Waals surface area contributed by atoms with Gasteiger partial charge in [-0.1, -0.05) is 11.6 Å². The fourth-order valence-corrected chi connectivity index (χ4v) is 2.16. The van der Waals surface area contributed by atoms with Gasteiger partial charge in [0.2, 0.25) is 0 Å². The zero-order valence-electron chi connectivity index (χ0n) is 12.1. The SMILES string of the molecule is CCOC(=O)[C@H](C)NC(=O)C(=O)c1c[nH]c2ccc(Cl)cc12. The van der Waals surface area contributed by atoms with Crippen molar-refractivity contribution >= 4 is 40.2 Å². The Labute approximate surface area is 131 Å². The molecule has 2 rings (SSSR count). The largest absolute Gasteiger partial charge is 0.464 e. The summed E-state index contributed by atoms with van der Waals surface area (Å²) in [7, 11) is 0. The number of hydrogen-bond acceptors (Lipinski definition) is 4. The van der Waals surface area contributed by atoms with E-state index < -0.39 is 23.7 Å². The van der Waals surface area contributed by atoms with Crippen LogP contribution < -0.4 is 5.32 Å². The Morgan fingerprint density at radius 1 is 1.36 bits per heavy atom. The molecule has 116 valence electrons. The Morgan fingerprint density at radius 3 is 2.77 bits per heavy atom. The van der Waals surface area contributed by atoms with Crippen LogP contribution in [0, 0.1) is 0 Å². The predicted molar refractivity (Wildman–Crippen MR) is 81.9 cm³/mol. The third-order valence-electron chi connectivity index (χ3n) is 3.08. The number of hydrogen-bond donors (Lipinski definition) is 2. The minimum absolute atomic E-state index is 0.200. The number of benzene rings is 1. The van der Waals surface area contributed by atoms with E-state index in [-0.39, 0.29) is 12.2 Å². The van der Waals surface area contributed by atoms with Gasteiger partial charge in [-0.3, -0.25) is 9.59 Å². The minimum atomic E-state index is -0.898. The molecule has 0 aliphatic carbocycles. The molecule has 1 amide bonds. The van der Waals surface area contributed by atoms with Crippen molar-refractivity contribution in [2.75, 3.05) is 6.61 Å². The molecule has 0 spiro atoms. The van der Waals surface area contributed by atoms with Crippen LogP contribution in [-0.2, 0) is 14.3 Å². The molecule has 0 radical (unpaired) electrons. The van der Waals surface area contributed by atoms with E-state index in [4.69, 9.17) is 16.3 Å². The van der Waals surface area contributed by atoms with Crippen molar-refractivity contribution in [1.82, 2.24) is 10.3 Å². The number of aromatic nitrogens is 1. The van der Waals surface area contributed by atoms with Gasteiger partial charge in [0, 0.05) is 22.1 Å². The molecule has 0 aliphatic rings. The van der Waals surface area contributed by atoms with Gasteiger partial charge in [0.05, 0.1) is 12.2 Å². The highest BCUT2D eigenvalue weighted by atomic mass is 35.5. The monoisotopic (exact) mass is 322 g/mol. The Hall–Kier alpha value is -2.34. The van der Waals surface area contributed by atoms with Crippen LogP contribution in [0.4, 0.5) is 0 Å². The first-order valence-electron chi connectivity index (χ1n) is 6.72. The number of esters is 1. The quantitative estimate of drug-likeness (QED) is 0.501. The van der Waals surface area contributed by atoms with Gasteiger partial charge in [-0.25, -0.2) is 4.79 Å². The van der Waals surface area contributed by atoms with Crippen LogP contribution in [0.2, 0.25) is 5.02 Å². The molecule has 0 bridgehead atoms. The maximum absolute atomic E-state index is 12.2. The lowest BCUT2D eigenvalue weighted by atomic mass is 10.1. The maximum atomic E-state index is 12.2. The molecule has 2 aromatic rings. The number of carbonyl (C=O) groups is 3. The van der Waals surface area contributed by atoms with Crippen molar-refractivity contribution in [2.24, 2.45) is 0 Å². The molecule has 1 aromatic heterocycles. The summed E-state index contributed by atoms with van der Waals surface area (Å²) in [6.07, 6.45) is 1.44. The summed E-state index contributed by atoms with van der Waals surface area (Å²) >= 11 is 5.91. The fraction of sp³-hybridized carbons (Fsp3) is 0.267. The zero-order valence-corrected chi connectivity index (χ0v) is 12.9. The number of ketones is 1. The van der Waals surface area contributed by atoms with Crippen molar-refractivity contribution < 1.29 is 19.1 Å². The summed E-state index contributed by atoms with van der Waals surface area (Å²) in [5.74, 6) is -2.21. The molecule has 0 aliphatic heterocycles. The third-order valence-corrected chi connectivity index (χ3v) is 3.32. The summed E-state index contributed by atoms with van der Waals surface area (Å²) in [5.41, 5.74) is 0.894. The summed E-state index contributed by atoms with van der Waals surface area (Å²) in [6.45, 7) is 3.32. The van der Waals surface area contributed by atoms with Crippen molar-refractivity contribution in [3.63, 3.8) is 0 Å². The molecule has 0 saturated carbocycles. The highest BCUT2D eigenvalue weighted by Gasteiger charge is 2.24.